The van der Waals surface area contributed by atoms with Crippen LogP contribution in [0.4, 0.5) is 0 Å². The standard InChI is InChI=1S/C11H19NO3/c1-15-9-10-4-6-12(7-5-10)11(14)3-2-8-13/h4,13H,2-3,5-9H2,1H3. The molecule has 0 aromatic heterocycles. The summed E-state index contributed by atoms with van der Waals surface area (Å²) in [5, 5.41) is 8.63. The van der Waals surface area contributed by atoms with Gasteiger partial charge in [-0.05, 0) is 18.4 Å². The third-order valence-electron chi connectivity index (χ3n) is 2.53. The van der Waals surface area contributed by atoms with Crippen LogP contribution in [0.3, 0.4) is 0 Å². The van der Waals surface area contributed by atoms with Crippen molar-refractivity contribution >= 4 is 5.91 Å². The zero-order chi connectivity index (χ0) is 11.1. The zero-order valence-corrected chi connectivity index (χ0v) is 9.24. The van der Waals surface area contributed by atoms with Crippen LogP contribution in [0.25, 0.3) is 0 Å². The summed E-state index contributed by atoms with van der Waals surface area (Å²) in [5.74, 6) is 0.136. The van der Waals surface area contributed by atoms with E-state index in [0.717, 1.165) is 13.0 Å². The first-order valence-corrected chi connectivity index (χ1v) is 5.33. The van der Waals surface area contributed by atoms with Crippen LogP contribution in [0.1, 0.15) is 19.3 Å². The zero-order valence-electron chi connectivity index (χ0n) is 9.24. The summed E-state index contributed by atoms with van der Waals surface area (Å²) in [7, 11) is 1.68. The topological polar surface area (TPSA) is 49.8 Å². The number of carbonyl (C=O) groups is 1. The monoisotopic (exact) mass is 213 g/mol. The molecule has 0 radical (unpaired) electrons. The Morgan fingerprint density at radius 2 is 2.47 bits per heavy atom. The highest BCUT2D eigenvalue weighted by molar-refractivity contribution is 5.76. The molecule has 86 valence electrons. The minimum absolute atomic E-state index is 0.0876. The second kappa shape index (κ2) is 6.58. The van der Waals surface area contributed by atoms with Gasteiger partial charge >= 0.3 is 0 Å². The highest BCUT2D eigenvalue weighted by Gasteiger charge is 2.16. The normalized spacial score (nSPS) is 16.4. The Balaban J connectivity index is 2.32. The largest absolute Gasteiger partial charge is 0.396 e. The summed E-state index contributed by atoms with van der Waals surface area (Å²) in [5.41, 5.74) is 1.27. The van der Waals surface area contributed by atoms with Crippen molar-refractivity contribution in [2.75, 3.05) is 33.4 Å². The van der Waals surface area contributed by atoms with Crippen molar-refractivity contribution in [3.63, 3.8) is 0 Å². The molecule has 1 aliphatic heterocycles. The van der Waals surface area contributed by atoms with Gasteiger partial charge in [0.1, 0.15) is 0 Å². The van der Waals surface area contributed by atoms with Crippen LogP contribution in [0.2, 0.25) is 0 Å². The molecule has 0 aromatic carbocycles. The third kappa shape index (κ3) is 4.01. The fraction of sp³-hybridized carbons (Fsp3) is 0.727. The van der Waals surface area contributed by atoms with Gasteiger partial charge in [-0.25, -0.2) is 0 Å². The number of nitrogens with zero attached hydrogens (tertiary/aromatic N) is 1. The molecule has 0 unspecified atom stereocenters. The number of ether oxygens (including phenoxy) is 1. The molecule has 0 saturated carbocycles. The maximum absolute atomic E-state index is 11.6. The fourth-order valence-electron chi connectivity index (χ4n) is 1.64. The smallest absolute Gasteiger partial charge is 0.222 e. The Hall–Kier alpha value is -0.870. The number of aliphatic hydroxyl groups excluding tert-OH is 1. The molecular weight excluding hydrogens is 194 g/mol. The minimum Gasteiger partial charge on any atom is -0.396 e. The van der Waals surface area contributed by atoms with Crippen LogP contribution >= 0.6 is 0 Å². The molecule has 0 bridgehead atoms. The number of carbonyl (C=O) groups excluding carboxylic acids is 1. The van der Waals surface area contributed by atoms with Crippen LogP contribution in [0.5, 0.6) is 0 Å². The third-order valence-corrected chi connectivity index (χ3v) is 2.53. The maximum atomic E-state index is 11.6. The molecule has 0 fully saturated rings. The van der Waals surface area contributed by atoms with E-state index < -0.39 is 0 Å². The summed E-state index contributed by atoms with van der Waals surface area (Å²) >= 11 is 0. The first kappa shape index (κ1) is 12.2. The van der Waals surface area contributed by atoms with Crippen LogP contribution in [-0.2, 0) is 9.53 Å². The molecule has 1 heterocycles. The molecule has 1 N–H and O–H groups in total. The van der Waals surface area contributed by atoms with E-state index in [-0.39, 0.29) is 12.5 Å². The molecule has 0 spiro atoms. The summed E-state index contributed by atoms with van der Waals surface area (Å²) in [6.45, 7) is 2.21. The van der Waals surface area contributed by atoms with Crippen LogP contribution in [-0.4, -0.2) is 49.3 Å². The molecule has 1 aliphatic rings. The van der Waals surface area contributed by atoms with E-state index in [2.05, 4.69) is 6.08 Å². The van der Waals surface area contributed by atoms with Gasteiger partial charge in [0, 0.05) is 33.2 Å². The molecule has 0 saturated heterocycles. The van der Waals surface area contributed by atoms with E-state index in [0.29, 0.717) is 26.0 Å². The van der Waals surface area contributed by atoms with Crippen LogP contribution in [0.15, 0.2) is 11.6 Å². The number of hydrogen-bond acceptors (Lipinski definition) is 3. The Morgan fingerprint density at radius 3 is 3.00 bits per heavy atom. The molecule has 0 aliphatic carbocycles. The van der Waals surface area contributed by atoms with Gasteiger partial charge in [0.2, 0.25) is 5.91 Å². The first-order chi connectivity index (χ1) is 7.27. The molecule has 0 aromatic rings. The van der Waals surface area contributed by atoms with E-state index in [1.165, 1.54) is 5.57 Å². The molecule has 4 nitrogen and oxygen atoms in total. The number of methoxy groups -OCH3 is 1. The Kier molecular flexibility index (Phi) is 5.36. The van der Waals surface area contributed by atoms with Gasteiger partial charge in [0.15, 0.2) is 0 Å². The van der Waals surface area contributed by atoms with E-state index in [1.54, 1.807) is 7.11 Å². The summed E-state index contributed by atoms with van der Waals surface area (Å²) < 4.78 is 5.04. The highest BCUT2D eigenvalue weighted by atomic mass is 16.5. The highest BCUT2D eigenvalue weighted by Crippen LogP contribution is 2.12. The lowest BCUT2D eigenvalue weighted by Gasteiger charge is -2.26. The molecule has 1 rings (SSSR count). The van der Waals surface area contributed by atoms with Crippen molar-refractivity contribution in [3.05, 3.63) is 11.6 Å². The maximum Gasteiger partial charge on any atom is 0.222 e. The fourth-order valence-corrected chi connectivity index (χ4v) is 1.64. The van der Waals surface area contributed by atoms with Gasteiger partial charge in [-0.15, -0.1) is 0 Å². The quantitative estimate of drug-likeness (QED) is 0.679. The summed E-state index contributed by atoms with van der Waals surface area (Å²) in [6, 6.07) is 0. The Bertz CT molecular complexity index is 238. The predicted molar refractivity (Wildman–Crippen MR) is 57.5 cm³/mol. The molecule has 0 atom stereocenters. The lowest BCUT2D eigenvalue weighted by molar-refractivity contribution is -0.131. The van der Waals surface area contributed by atoms with Crippen molar-refractivity contribution in [1.82, 2.24) is 4.90 Å². The Morgan fingerprint density at radius 1 is 1.67 bits per heavy atom. The van der Waals surface area contributed by atoms with Crippen molar-refractivity contribution in [2.24, 2.45) is 0 Å². The average Bonchev–Trinajstić information content (AvgIpc) is 2.27. The number of amides is 1. The molecule has 1 amide bonds. The van der Waals surface area contributed by atoms with Crippen LogP contribution < -0.4 is 0 Å². The summed E-state index contributed by atoms with van der Waals surface area (Å²) in [6.07, 6.45) is 3.97. The van der Waals surface area contributed by atoms with E-state index >= 15 is 0 Å². The first-order valence-electron chi connectivity index (χ1n) is 5.33. The second-order valence-electron chi connectivity index (χ2n) is 3.71. The van der Waals surface area contributed by atoms with E-state index in [1.807, 2.05) is 4.90 Å². The molecular formula is C11H19NO3. The lowest BCUT2D eigenvalue weighted by Crippen LogP contribution is -2.35. The predicted octanol–water partition coefficient (Wildman–Crippen LogP) is 0.564. The van der Waals surface area contributed by atoms with Gasteiger partial charge < -0.3 is 14.7 Å². The van der Waals surface area contributed by atoms with Gasteiger partial charge in [-0.1, -0.05) is 6.08 Å². The number of rotatable bonds is 5. The van der Waals surface area contributed by atoms with Crippen molar-refractivity contribution in [3.8, 4) is 0 Å². The van der Waals surface area contributed by atoms with Gasteiger partial charge in [-0.3, -0.25) is 4.79 Å². The summed E-state index contributed by atoms with van der Waals surface area (Å²) in [4.78, 5) is 13.4. The number of hydrogen-bond donors (Lipinski definition) is 1. The van der Waals surface area contributed by atoms with Crippen LogP contribution in [0, 0.1) is 0 Å². The van der Waals surface area contributed by atoms with E-state index in [9.17, 15) is 4.79 Å². The van der Waals surface area contributed by atoms with Crippen molar-refractivity contribution in [2.45, 2.75) is 19.3 Å². The van der Waals surface area contributed by atoms with Crippen molar-refractivity contribution < 1.29 is 14.6 Å². The average molecular weight is 213 g/mol. The molecule has 4 heteroatoms. The number of aliphatic hydroxyl groups is 1. The second-order valence-corrected chi connectivity index (χ2v) is 3.71. The minimum atomic E-state index is 0.0876. The van der Waals surface area contributed by atoms with E-state index in [4.69, 9.17) is 9.84 Å². The SMILES string of the molecule is COCC1=CCN(C(=O)CCCO)CC1. The van der Waals surface area contributed by atoms with Gasteiger partial charge in [0.25, 0.3) is 0 Å². The van der Waals surface area contributed by atoms with Gasteiger partial charge in [0.05, 0.1) is 6.61 Å². The van der Waals surface area contributed by atoms with Crippen molar-refractivity contribution in [1.29, 1.82) is 0 Å². The Labute approximate surface area is 90.5 Å². The lowest BCUT2D eigenvalue weighted by atomic mass is 10.1. The molecule has 15 heavy (non-hydrogen) atoms. The van der Waals surface area contributed by atoms with Gasteiger partial charge in [-0.2, -0.15) is 0 Å².